The molecule has 0 radical (unpaired) electrons. The Hall–Kier alpha value is -3.19. The molecule has 0 saturated carbocycles. The van der Waals surface area contributed by atoms with Gasteiger partial charge in [-0.25, -0.2) is 4.98 Å². The first kappa shape index (κ1) is 24.2. The summed E-state index contributed by atoms with van der Waals surface area (Å²) in [7, 11) is 0. The quantitative estimate of drug-likeness (QED) is 0.190. The fourth-order valence-electron chi connectivity index (χ4n) is 5.71. The minimum atomic E-state index is -0.0334. The number of hydrogen-bond donors (Lipinski definition) is 2. The molecule has 37 heavy (non-hydrogen) atoms. The second-order valence-corrected chi connectivity index (χ2v) is 12.1. The van der Waals surface area contributed by atoms with Crippen molar-refractivity contribution in [1.82, 2.24) is 19.9 Å². The Morgan fingerprint density at radius 1 is 0.757 bits per heavy atom. The average Bonchev–Trinajstić information content (AvgIpc) is 3.62. The zero-order chi connectivity index (χ0) is 26.1. The van der Waals surface area contributed by atoms with E-state index in [4.69, 9.17) is 9.97 Å². The lowest BCUT2D eigenvalue weighted by atomic mass is 9.87. The second kappa shape index (κ2) is 8.69. The van der Waals surface area contributed by atoms with Crippen LogP contribution in [-0.2, 0) is 11.8 Å². The van der Waals surface area contributed by atoms with Crippen molar-refractivity contribution >= 4 is 56.8 Å². The molecular weight excluding hydrogens is 567 g/mol. The normalized spacial score (nSPS) is 14.4. The summed E-state index contributed by atoms with van der Waals surface area (Å²) in [6.45, 7) is 13.3. The lowest BCUT2D eigenvalue weighted by Crippen LogP contribution is -2.15. The highest BCUT2D eigenvalue weighted by Gasteiger charge is 2.30. The molecule has 1 aromatic carbocycles. The van der Waals surface area contributed by atoms with Crippen molar-refractivity contribution in [2.24, 2.45) is 0 Å². The minimum absolute atomic E-state index is 0.0334. The van der Waals surface area contributed by atoms with E-state index < -0.39 is 0 Å². The number of nitrogens with one attached hydrogen (secondary N) is 2. The van der Waals surface area contributed by atoms with Crippen LogP contribution in [0.25, 0.3) is 45.3 Å². The van der Waals surface area contributed by atoms with Crippen LogP contribution in [0, 0.1) is 31.3 Å². The van der Waals surface area contributed by atoms with Gasteiger partial charge in [-0.05, 0) is 115 Å². The van der Waals surface area contributed by atoms with Crippen molar-refractivity contribution in [3.63, 3.8) is 0 Å². The first-order chi connectivity index (χ1) is 17.6. The summed E-state index contributed by atoms with van der Waals surface area (Å²) in [6.07, 6.45) is 5.20. The van der Waals surface area contributed by atoms with E-state index in [-0.39, 0.29) is 5.41 Å². The predicted molar refractivity (Wildman–Crippen MR) is 164 cm³/mol. The summed E-state index contributed by atoms with van der Waals surface area (Å²) in [6, 6.07) is 15.4. The fourth-order valence-corrected chi connectivity index (χ4v) is 6.34. The summed E-state index contributed by atoms with van der Waals surface area (Å²) < 4.78 is 1.16. The predicted octanol–water partition coefficient (Wildman–Crippen LogP) is 8.51. The van der Waals surface area contributed by atoms with Gasteiger partial charge in [-0.3, -0.25) is 4.98 Å². The molecule has 0 saturated heterocycles. The third-order valence-electron chi connectivity index (χ3n) is 7.62. The molecule has 8 bridgehead atoms. The van der Waals surface area contributed by atoms with Crippen molar-refractivity contribution in [2.75, 3.05) is 0 Å². The number of halogens is 1. The molecule has 2 aliphatic rings. The van der Waals surface area contributed by atoms with Crippen LogP contribution in [0.4, 0.5) is 0 Å². The molecule has 0 unspecified atom stereocenters. The lowest BCUT2D eigenvalue weighted by Gasteiger charge is -2.15. The van der Waals surface area contributed by atoms with Crippen molar-refractivity contribution < 1.29 is 0 Å². The molecule has 2 N–H and O–H groups in total. The summed E-state index contributed by atoms with van der Waals surface area (Å²) in [4.78, 5) is 17.7. The smallest absolute Gasteiger partial charge is 0.0737 e. The fraction of sp³-hybridized carbons (Fsp3) is 0.250. The first-order valence-electron chi connectivity index (χ1n) is 12.8. The van der Waals surface area contributed by atoms with E-state index >= 15 is 0 Å². The topological polar surface area (TPSA) is 57.4 Å². The van der Waals surface area contributed by atoms with Crippen LogP contribution in [0.3, 0.4) is 0 Å². The van der Waals surface area contributed by atoms with E-state index in [2.05, 4.69) is 129 Å². The number of hydrogen-bond acceptors (Lipinski definition) is 2. The summed E-state index contributed by atoms with van der Waals surface area (Å²) >= 11 is 2.46. The van der Waals surface area contributed by atoms with Crippen molar-refractivity contribution in [3.8, 4) is 11.1 Å². The third kappa shape index (κ3) is 4.13. The maximum absolute atomic E-state index is 5.17. The van der Waals surface area contributed by atoms with Gasteiger partial charge in [0.05, 0.1) is 26.2 Å². The van der Waals surface area contributed by atoms with E-state index in [1.807, 2.05) is 0 Å². The second-order valence-electron chi connectivity index (χ2n) is 11.1. The van der Waals surface area contributed by atoms with E-state index in [1.54, 1.807) is 0 Å². The van der Waals surface area contributed by atoms with Crippen LogP contribution in [-0.4, -0.2) is 19.9 Å². The van der Waals surface area contributed by atoms with Gasteiger partial charge in [-0.2, -0.15) is 0 Å². The summed E-state index contributed by atoms with van der Waals surface area (Å²) in [5.74, 6) is 0. The number of rotatable bonds is 1. The highest BCUT2D eigenvalue weighted by atomic mass is 127. The standard InChI is InChI=1S/C32H31IN4/c1-17-13-18(2)29(19(3)14-17)30-24-10-9-23(35-24)20(4)22-8-7-21(34-22)15-28-32(5,6)16-27(37-28)31(33)26-12-11-25(30)36-26/h7-15,34,36H,16H2,1-6H3. The van der Waals surface area contributed by atoms with Crippen LogP contribution in [0.2, 0.25) is 0 Å². The molecular formula is C32H31IN4. The van der Waals surface area contributed by atoms with Gasteiger partial charge in [0.2, 0.25) is 0 Å². The van der Waals surface area contributed by atoms with E-state index in [0.717, 1.165) is 66.0 Å². The molecule has 0 amide bonds. The lowest BCUT2D eigenvalue weighted by molar-refractivity contribution is 0.543. The molecule has 4 nitrogen and oxygen atoms in total. The van der Waals surface area contributed by atoms with Crippen LogP contribution >= 0.6 is 22.6 Å². The number of nitrogens with zero attached hydrogens (tertiary/aromatic N) is 2. The van der Waals surface area contributed by atoms with Crippen LogP contribution in [0.5, 0.6) is 0 Å². The number of aryl methyl sites for hydroxylation is 4. The van der Waals surface area contributed by atoms with Crippen molar-refractivity contribution in [1.29, 1.82) is 0 Å². The van der Waals surface area contributed by atoms with Crippen LogP contribution in [0.1, 0.15) is 58.9 Å². The van der Waals surface area contributed by atoms with Gasteiger partial charge in [0.25, 0.3) is 0 Å². The minimum Gasteiger partial charge on any atom is -0.355 e. The van der Waals surface area contributed by atoms with E-state index in [9.17, 15) is 0 Å². The first-order valence-corrected chi connectivity index (χ1v) is 13.8. The Kier molecular flexibility index (Phi) is 5.68. The Morgan fingerprint density at radius 2 is 1.43 bits per heavy atom. The van der Waals surface area contributed by atoms with Gasteiger partial charge in [-0.1, -0.05) is 31.5 Å². The SMILES string of the molecule is Cc1cc(C)c(-c2c3nc(c(C)c4ccc(cc5nc(c(I)c6ccc2[nH]6)CC5(C)C)[nH]4)C=C3)c(C)c1. The van der Waals surface area contributed by atoms with E-state index in [0.29, 0.717) is 0 Å². The average molecular weight is 599 g/mol. The molecule has 6 rings (SSSR count). The van der Waals surface area contributed by atoms with Gasteiger partial charge in [0.15, 0.2) is 0 Å². The number of fused-ring (bicyclic) bond motifs is 8. The van der Waals surface area contributed by atoms with Crippen LogP contribution in [0.15, 0.2) is 42.5 Å². The molecule has 5 heterocycles. The Balaban J connectivity index is 1.79. The summed E-state index contributed by atoms with van der Waals surface area (Å²) in [5, 5.41) is 0. The molecule has 2 aliphatic heterocycles. The molecule has 0 spiro atoms. The summed E-state index contributed by atoms with van der Waals surface area (Å²) in [5.41, 5.74) is 15.8. The molecule has 3 aromatic heterocycles. The number of H-pyrrole nitrogens is 2. The van der Waals surface area contributed by atoms with Crippen LogP contribution < -0.4 is 0 Å². The molecule has 0 aliphatic carbocycles. The molecule has 5 heteroatoms. The van der Waals surface area contributed by atoms with Crippen molar-refractivity contribution in [3.05, 3.63) is 91.1 Å². The maximum atomic E-state index is 5.17. The van der Waals surface area contributed by atoms with Gasteiger partial charge >= 0.3 is 0 Å². The monoisotopic (exact) mass is 598 g/mol. The number of aromatic amines is 2. The van der Waals surface area contributed by atoms with E-state index in [1.165, 1.54) is 22.3 Å². The Labute approximate surface area is 231 Å². The molecule has 186 valence electrons. The van der Waals surface area contributed by atoms with Gasteiger partial charge in [-0.15, -0.1) is 0 Å². The Bertz CT molecular complexity index is 1760. The third-order valence-corrected chi connectivity index (χ3v) is 8.82. The number of aromatic nitrogens is 4. The van der Waals surface area contributed by atoms with Gasteiger partial charge in [0, 0.05) is 39.6 Å². The molecule has 0 atom stereocenters. The van der Waals surface area contributed by atoms with Gasteiger partial charge in [0.1, 0.15) is 0 Å². The molecule has 4 aromatic rings. The zero-order valence-electron chi connectivity index (χ0n) is 22.2. The maximum Gasteiger partial charge on any atom is 0.0737 e. The largest absolute Gasteiger partial charge is 0.355 e. The highest BCUT2D eigenvalue weighted by Crippen LogP contribution is 2.37. The zero-order valence-corrected chi connectivity index (χ0v) is 24.3. The Morgan fingerprint density at radius 3 is 2.19 bits per heavy atom. The van der Waals surface area contributed by atoms with Gasteiger partial charge < -0.3 is 9.97 Å². The molecule has 0 fully saturated rings. The number of benzene rings is 1. The highest BCUT2D eigenvalue weighted by molar-refractivity contribution is 14.1. The van der Waals surface area contributed by atoms with Crippen molar-refractivity contribution in [2.45, 2.75) is 53.4 Å².